The number of nitrogen functional groups attached to an aromatic ring is 1. The van der Waals surface area contributed by atoms with Gasteiger partial charge in [0.05, 0.1) is 0 Å². The van der Waals surface area contributed by atoms with Gasteiger partial charge in [0.1, 0.15) is 5.82 Å². The van der Waals surface area contributed by atoms with Crippen molar-refractivity contribution in [2.45, 2.75) is 39.2 Å². The molecule has 3 N–H and O–H groups in total. The molecule has 0 spiro atoms. The van der Waals surface area contributed by atoms with Crippen molar-refractivity contribution in [1.82, 2.24) is 10.3 Å². The largest absolute Gasteiger partial charge is 0.384 e. The van der Waals surface area contributed by atoms with Crippen molar-refractivity contribution < 1.29 is 0 Å². The average Bonchev–Trinajstić information content (AvgIpc) is 2.62. The third-order valence-corrected chi connectivity index (χ3v) is 4.04. The topological polar surface area (TPSA) is 50.9 Å². The van der Waals surface area contributed by atoms with Gasteiger partial charge in [-0.05, 0) is 55.3 Å². The lowest BCUT2D eigenvalue weighted by molar-refractivity contribution is 0.355. The molecule has 0 amide bonds. The molecule has 0 aromatic carbocycles. The number of nitrogens with zero attached hydrogens (tertiary/aromatic N) is 1. The molecule has 1 fully saturated rings. The van der Waals surface area contributed by atoms with Crippen molar-refractivity contribution in [1.29, 1.82) is 0 Å². The number of hydrogen-bond acceptors (Lipinski definition) is 3. The van der Waals surface area contributed by atoms with Gasteiger partial charge in [-0.15, -0.1) is 0 Å². The minimum Gasteiger partial charge on any atom is -0.384 e. The van der Waals surface area contributed by atoms with Gasteiger partial charge in [-0.3, -0.25) is 0 Å². The summed E-state index contributed by atoms with van der Waals surface area (Å²) in [6, 6.07) is 4.79. The van der Waals surface area contributed by atoms with E-state index in [2.05, 4.69) is 30.2 Å². The number of hydrogen-bond donors (Lipinski definition) is 2. The third kappa shape index (κ3) is 2.97. The van der Waals surface area contributed by atoms with Gasteiger partial charge in [0.15, 0.2) is 0 Å². The molecule has 1 aromatic heterocycles. The maximum absolute atomic E-state index is 5.72. The quantitative estimate of drug-likeness (QED) is 0.838. The minimum atomic E-state index is 0.636. The Kier molecular flexibility index (Phi) is 4.00. The molecule has 3 nitrogen and oxygen atoms in total. The highest BCUT2D eigenvalue weighted by Gasteiger charge is 2.31. The third-order valence-electron chi connectivity index (χ3n) is 4.04. The van der Waals surface area contributed by atoms with Gasteiger partial charge < -0.3 is 11.1 Å². The van der Waals surface area contributed by atoms with Crippen LogP contribution in [0, 0.1) is 11.8 Å². The molecule has 0 radical (unpaired) electrons. The Hall–Kier alpha value is -1.09. The highest BCUT2D eigenvalue weighted by atomic mass is 14.9. The van der Waals surface area contributed by atoms with Gasteiger partial charge in [0, 0.05) is 12.2 Å². The first-order chi connectivity index (χ1) is 8.20. The van der Waals surface area contributed by atoms with Crippen LogP contribution in [0.15, 0.2) is 18.3 Å². The van der Waals surface area contributed by atoms with Gasteiger partial charge in [-0.25, -0.2) is 4.98 Å². The van der Waals surface area contributed by atoms with E-state index in [1.807, 2.05) is 12.3 Å². The first kappa shape index (κ1) is 12.4. The first-order valence-electron chi connectivity index (χ1n) is 6.64. The van der Waals surface area contributed by atoms with E-state index < -0.39 is 0 Å². The standard InChI is InChI=1S/C14H23N3/c1-3-16-13-5-4-12(10(13)2)8-11-6-7-17-14(15)9-11/h6-7,9-10,12-13,16H,3-5,8H2,1-2H3,(H2,15,17). The van der Waals surface area contributed by atoms with Crippen molar-refractivity contribution in [3.63, 3.8) is 0 Å². The fourth-order valence-electron chi connectivity index (χ4n) is 3.01. The summed E-state index contributed by atoms with van der Waals surface area (Å²) in [5, 5.41) is 3.58. The summed E-state index contributed by atoms with van der Waals surface area (Å²) in [7, 11) is 0. The minimum absolute atomic E-state index is 0.636. The lowest BCUT2D eigenvalue weighted by Gasteiger charge is -2.21. The molecule has 1 aromatic rings. The number of pyridine rings is 1. The molecule has 1 aliphatic rings. The smallest absolute Gasteiger partial charge is 0.123 e. The lowest BCUT2D eigenvalue weighted by Crippen LogP contribution is -2.32. The Bertz CT molecular complexity index is 364. The van der Waals surface area contributed by atoms with Crippen molar-refractivity contribution in [2.24, 2.45) is 11.8 Å². The molecular weight excluding hydrogens is 210 g/mol. The van der Waals surface area contributed by atoms with Gasteiger partial charge in [0.2, 0.25) is 0 Å². The van der Waals surface area contributed by atoms with Crippen LogP contribution in [0.1, 0.15) is 32.3 Å². The molecular formula is C14H23N3. The zero-order valence-corrected chi connectivity index (χ0v) is 10.8. The first-order valence-corrected chi connectivity index (χ1v) is 6.64. The van der Waals surface area contributed by atoms with E-state index in [4.69, 9.17) is 5.73 Å². The molecule has 3 heteroatoms. The number of rotatable bonds is 4. The summed E-state index contributed by atoms with van der Waals surface area (Å²) in [6.07, 6.45) is 5.57. The Morgan fingerprint density at radius 2 is 2.29 bits per heavy atom. The van der Waals surface area contributed by atoms with E-state index in [1.54, 1.807) is 0 Å². The molecule has 0 aliphatic heterocycles. The van der Waals surface area contributed by atoms with Crippen LogP contribution in [0.25, 0.3) is 0 Å². The summed E-state index contributed by atoms with van der Waals surface area (Å²) in [6.45, 7) is 5.63. The fraction of sp³-hybridized carbons (Fsp3) is 0.643. The molecule has 1 aliphatic carbocycles. The fourth-order valence-corrected chi connectivity index (χ4v) is 3.01. The van der Waals surface area contributed by atoms with Gasteiger partial charge in [-0.2, -0.15) is 0 Å². The maximum atomic E-state index is 5.72. The van der Waals surface area contributed by atoms with Crippen molar-refractivity contribution in [3.05, 3.63) is 23.9 Å². The summed E-state index contributed by atoms with van der Waals surface area (Å²) in [4.78, 5) is 4.04. The molecule has 1 heterocycles. The molecule has 17 heavy (non-hydrogen) atoms. The summed E-state index contributed by atoms with van der Waals surface area (Å²) in [5.41, 5.74) is 7.04. The zero-order valence-electron chi connectivity index (χ0n) is 10.8. The second-order valence-electron chi connectivity index (χ2n) is 5.15. The molecule has 3 atom stereocenters. The van der Waals surface area contributed by atoms with Gasteiger partial charge in [0.25, 0.3) is 0 Å². The van der Waals surface area contributed by atoms with Crippen LogP contribution in [-0.2, 0) is 6.42 Å². The van der Waals surface area contributed by atoms with Crippen LogP contribution < -0.4 is 11.1 Å². The Balaban J connectivity index is 1.96. The van der Waals surface area contributed by atoms with E-state index in [0.717, 1.165) is 24.8 Å². The summed E-state index contributed by atoms with van der Waals surface area (Å²) < 4.78 is 0. The summed E-state index contributed by atoms with van der Waals surface area (Å²) >= 11 is 0. The van der Waals surface area contributed by atoms with E-state index in [1.165, 1.54) is 18.4 Å². The maximum Gasteiger partial charge on any atom is 0.123 e. The van der Waals surface area contributed by atoms with E-state index in [-0.39, 0.29) is 0 Å². The second-order valence-corrected chi connectivity index (χ2v) is 5.15. The van der Waals surface area contributed by atoms with E-state index >= 15 is 0 Å². The normalized spacial score (nSPS) is 28.5. The zero-order chi connectivity index (χ0) is 12.3. The predicted octanol–water partition coefficient (Wildman–Crippen LogP) is 2.23. The lowest BCUT2D eigenvalue weighted by atomic mass is 9.90. The Morgan fingerprint density at radius 3 is 3.00 bits per heavy atom. The Labute approximate surface area is 104 Å². The van der Waals surface area contributed by atoms with Crippen molar-refractivity contribution in [2.75, 3.05) is 12.3 Å². The van der Waals surface area contributed by atoms with Gasteiger partial charge >= 0.3 is 0 Å². The van der Waals surface area contributed by atoms with E-state index in [0.29, 0.717) is 11.9 Å². The molecule has 3 unspecified atom stereocenters. The number of aromatic nitrogens is 1. The molecule has 2 rings (SSSR count). The molecule has 0 bridgehead atoms. The summed E-state index contributed by atoms with van der Waals surface area (Å²) in [5.74, 6) is 2.17. The predicted molar refractivity (Wildman–Crippen MR) is 71.7 cm³/mol. The van der Waals surface area contributed by atoms with Crippen LogP contribution in [0.5, 0.6) is 0 Å². The van der Waals surface area contributed by atoms with Crippen LogP contribution >= 0.6 is 0 Å². The highest BCUT2D eigenvalue weighted by molar-refractivity contribution is 5.32. The number of nitrogens with two attached hydrogens (primary N) is 1. The Morgan fingerprint density at radius 1 is 1.47 bits per heavy atom. The SMILES string of the molecule is CCNC1CCC(Cc2ccnc(N)c2)C1C. The molecule has 0 saturated heterocycles. The van der Waals surface area contributed by atoms with Crippen molar-refractivity contribution >= 4 is 5.82 Å². The van der Waals surface area contributed by atoms with Gasteiger partial charge in [-0.1, -0.05) is 13.8 Å². The monoisotopic (exact) mass is 233 g/mol. The number of nitrogens with one attached hydrogen (secondary N) is 1. The van der Waals surface area contributed by atoms with Crippen LogP contribution in [0.2, 0.25) is 0 Å². The van der Waals surface area contributed by atoms with Crippen molar-refractivity contribution in [3.8, 4) is 0 Å². The highest BCUT2D eigenvalue weighted by Crippen LogP contribution is 2.34. The van der Waals surface area contributed by atoms with Crippen LogP contribution in [-0.4, -0.2) is 17.6 Å². The number of anilines is 1. The second kappa shape index (κ2) is 5.50. The van der Waals surface area contributed by atoms with Crippen LogP contribution in [0.3, 0.4) is 0 Å². The van der Waals surface area contributed by atoms with Crippen LogP contribution in [0.4, 0.5) is 5.82 Å². The molecule has 1 saturated carbocycles. The molecule has 94 valence electrons. The van der Waals surface area contributed by atoms with E-state index in [9.17, 15) is 0 Å². The average molecular weight is 233 g/mol.